The molecule has 6 nitrogen and oxygen atoms in total. The first-order chi connectivity index (χ1) is 14.2. The molecule has 0 radical (unpaired) electrons. The number of carbonyl (C=O) groups excluding carboxylic acids is 1. The first-order valence-electron chi connectivity index (χ1n) is 9.88. The number of aromatic nitrogens is 3. The Morgan fingerprint density at radius 2 is 1.97 bits per heavy atom. The van der Waals surface area contributed by atoms with Crippen molar-refractivity contribution in [2.75, 3.05) is 12.4 Å². The minimum absolute atomic E-state index is 0.182. The van der Waals surface area contributed by atoms with Crippen LogP contribution in [0.5, 0.6) is 5.75 Å². The maximum Gasteiger partial charge on any atom is 0.248 e. The van der Waals surface area contributed by atoms with Gasteiger partial charge in [-0.3, -0.25) is 4.79 Å². The highest BCUT2D eigenvalue weighted by molar-refractivity contribution is 6.02. The van der Waals surface area contributed by atoms with Gasteiger partial charge in [-0.25, -0.2) is 0 Å². The van der Waals surface area contributed by atoms with E-state index in [-0.39, 0.29) is 5.91 Å². The molecule has 0 aliphatic carbocycles. The molecule has 0 unspecified atom stereocenters. The minimum Gasteiger partial charge on any atom is -0.497 e. The normalized spacial score (nSPS) is 13.7. The quantitative estimate of drug-likeness (QED) is 0.661. The van der Waals surface area contributed by atoms with Gasteiger partial charge in [-0.15, -0.1) is 10.2 Å². The second-order valence-corrected chi connectivity index (χ2v) is 7.08. The maximum atomic E-state index is 12.3. The summed E-state index contributed by atoms with van der Waals surface area (Å²) in [5.41, 5.74) is 2.63. The largest absolute Gasteiger partial charge is 0.497 e. The number of methoxy groups -OCH3 is 1. The highest BCUT2D eigenvalue weighted by Gasteiger charge is 2.16. The van der Waals surface area contributed by atoms with E-state index in [4.69, 9.17) is 4.74 Å². The van der Waals surface area contributed by atoms with E-state index >= 15 is 0 Å². The molecule has 0 saturated carbocycles. The Labute approximate surface area is 170 Å². The molecule has 0 bridgehead atoms. The standard InChI is InChI=1S/C23H24N4O2/c1-29-20-12-9-17(10-13-20)11-14-22(28)24-19-7-5-6-18(16-19)23-26-25-21-8-3-2-4-15-27(21)23/h5-7,9-14,16H,2-4,8,15H2,1H3,(H,24,28)/b14-11+. The number of nitrogens with one attached hydrogen (secondary N) is 1. The van der Waals surface area contributed by atoms with Gasteiger partial charge >= 0.3 is 0 Å². The van der Waals surface area contributed by atoms with Gasteiger partial charge in [0.2, 0.25) is 5.91 Å². The van der Waals surface area contributed by atoms with Crippen molar-refractivity contribution in [3.05, 3.63) is 66.0 Å². The molecule has 1 aliphatic heterocycles. The zero-order chi connectivity index (χ0) is 20.1. The van der Waals surface area contributed by atoms with Crippen LogP contribution in [0.3, 0.4) is 0 Å². The third-order valence-electron chi connectivity index (χ3n) is 5.04. The molecule has 4 rings (SSSR count). The number of aryl methyl sites for hydroxylation is 1. The van der Waals surface area contributed by atoms with Crippen LogP contribution >= 0.6 is 0 Å². The fourth-order valence-corrected chi connectivity index (χ4v) is 3.51. The van der Waals surface area contributed by atoms with Crippen molar-refractivity contribution < 1.29 is 9.53 Å². The Balaban J connectivity index is 1.47. The average molecular weight is 388 g/mol. The van der Waals surface area contributed by atoms with Gasteiger partial charge < -0.3 is 14.6 Å². The molecule has 0 atom stereocenters. The Bertz CT molecular complexity index is 1020. The summed E-state index contributed by atoms with van der Waals surface area (Å²) in [5.74, 6) is 2.52. The summed E-state index contributed by atoms with van der Waals surface area (Å²) in [5, 5.41) is 11.7. The zero-order valence-corrected chi connectivity index (χ0v) is 16.5. The van der Waals surface area contributed by atoms with E-state index in [2.05, 4.69) is 20.1 Å². The number of nitrogens with zero attached hydrogens (tertiary/aromatic N) is 3. The van der Waals surface area contributed by atoms with Gasteiger partial charge in [-0.2, -0.15) is 0 Å². The fraction of sp³-hybridized carbons (Fsp3) is 0.261. The van der Waals surface area contributed by atoms with Crippen LogP contribution in [-0.2, 0) is 17.8 Å². The molecular formula is C23H24N4O2. The lowest BCUT2D eigenvalue weighted by Gasteiger charge is -2.09. The number of carbonyl (C=O) groups is 1. The average Bonchev–Trinajstić information content (AvgIpc) is 3.01. The molecule has 1 amide bonds. The number of benzene rings is 2. The lowest BCUT2D eigenvalue weighted by Crippen LogP contribution is -2.08. The number of hydrogen-bond acceptors (Lipinski definition) is 4. The minimum atomic E-state index is -0.182. The van der Waals surface area contributed by atoms with Crippen LogP contribution in [0.25, 0.3) is 17.5 Å². The monoisotopic (exact) mass is 388 g/mol. The predicted octanol–water partition coefficient (Wildman–Crippen LogP) is 4.33. The Morgan fingerprint density at radius 3 is 2.79 bits per heavy atom. The number of fused-ring (bicyclic) bond motifs is 1. The summed E-state index contributed by atoms with van der Waals surface area (Å²) in [6.45, 7) is 0.943. The number of amides is 1. The van der Waals surface area contributed by atoms with Gasteiger partial charge in [-0.1, -0.05) is 30.7 Å². The third kappa shape index (κ3) is 4.54. The molecule has 3 aromatic rings. The van der Waals surface area contributed by atoms with Gasteiger partial charge in [0.05, 0.1) is 7.11 Å². The predicted molar refractivity (Wildman–Crippen MR) is 114 cm³/mol. The molecule has 1 aromatic heterocycles. The number of anilines is 1. The van der Waals surface area contributed by atoms with Gasteiger partial charge in [0.25, 0.3) is 0 Å². The molecule has 0 fully saturated rings. The summed E-state index contributed by atoms with van der Waals surface area (Å²) in [4.78, 5) is 12.3. The second kappa shape index (κ2) is 8.73. The smallest absolute Gasteiger partial charge is 0.248 e. The topological polar surface area (TPSA) is 69.0 Å². The Hall–Kier alpha value is -3.41. The second-order valence-electron chi connectivity index (χ2n) is 7.08. The lowest BCUT2D eigenvalue weighted by atomic mass is 10.1. The molecule has 1 N–H and O–H groups in total. The van der Waals surface area contributed by atoms with E-state index in [1.807, 2.05) is 48.5 Å². The van der Waals surface area contributed by atoms with Crippen molar-refractivity contribution in [1.82, 2.24) is 14.8 Å². The van der Waals surface area contributed by atoms with Crippen molar-refractivity contribution in [2.24, 2.45) is 0 Å². The third-order valence-corrected chi connectivity index (χ3v) is 5.04. The van der Waals surface area contributed by atoms with Crippen molar-refractivity contribution in [3.8, 4) is 17.1 Å². The van der Waals surface area contributed by atoms with Crippen LogP contribution in [0.1, 0.15) is 30.7 Å². The van der Waals surface area contributed by atoms with Crippen molar-refractivity contribution in [1.29, 1.82) is 0 Å². The van der Waals surface area contributed by atoms with Crippen LogP contribution in [-0.4, -0.2) is 27.8 Å². The van der Waals surface area contributed by atoms with Crippen molar-refractivity contribution in [3.63, 3.8) is 0 Å². The number of ether oxygens (including phenoxy) is 1. The summed E-state index contributed by atoms with van der Waals surface area (Å²) < 4.78 is 7.35. The van der Waals surface area contributed by atoms with E-state index in [0.29, 0.717) is 0 Å². The van der Waals surface area contributed by atoms with E-state index in [9.17, 15) is 4.79 Å². The Kier molecular flexibility index (Phi) is 5.70. The molecule has 29 heavy (non-hydrogen) atoms. The number of hydrogen-bond donors (Lipinski definition) is 1. The SMILES string of the molecule is COc1ccc(/C=C/C(=O)Nc2cccc(-c3nnc4n3CCCCC4)c2)cc1. The van der Waals surface area contributed by atoms with E-state index in [1.54, 1.807) is 13.2 Å². The molecule has 2 heterocycles. The molecule has 1 aliphatic rings. The van der Waals surface area contributed by atoms with E-state index in [0.717, 1.165) is 60.0 Å². The molecular weight excluding hydrogens is 364 g/mol. The van der Waals surface area contributed by atoms with Gasteiger partial charge in [-0.05, 0) is 48.7 Å². The summed E-state index contributed by atoms with van der Waals surface area (Å²) >= 11 is 0. The van der Waals surface area contributed by atoms with Gasteiger partial charge in [0.1, 0.15) is 11.6 Å². The molecule has 0 spiro atoms. The lowest BCUT2D eigenvalue weighted by molar-refractivity contribution is -0.111. The van der Waals surface area contributed by atoms with E-state index < -0.39 is 0 Å². The summed E-state index contributed by atoms with van der Waals surface area (Å²) in [7, 11) is 1.63. The van der Waals surface area contributed by atoms with Crippen molar-refractivity contribution in [2.45, 2.75) is 32.2 Å². The Morgan fingerprint density at radius 1 is 1.10 bits per heavy atom. The fourth-order valence-electron chi connectivity index (χ4n) is 3.51. The van der Waals surface area contributed by atoms with E-state index in [1.165, 1.54) is 12.5 Å². The first-order valence-corrected chi connectivity index (χ1v) is 9.88. The van der Waals surface area contributed by atoms with Gasteiger partial charge in [0, 0.05) is 30.3 Å². The first kappa shape index (κ1) is 18.9. The molecule has 6 heteroatoms. The molecule has 148 valence electrons. The van der Waals surface area contributed by atoms with Crippen molar-refractivity contribution >= 4 is 17.7 Å². The van der Waals surface area contributed by atoms with Gasteiger partial charge in [0.15, 0.2) is 5.82 Å². The summed E-state index contributed by atoms with van der Waals surface area (Å²) in [6.07, 6.45) is 7.80. The van der Waals surface area contributed by atoms with Crippen LogP contribution < -0.4 is 10.1 Å². The van der Waals surface area contributed by atoms with Crippen LogP contribution in [0.4, 0.5) is 5.69 Å². The molecule has 2 aromatic carbocycles. The highest BCUT2D eigenvalue weighted by atomic mass is 16.5. The maximum absolute atomic E-state index is 12.3. The zero-order valence-electron chi connectivity index (χ0n) is 16.5. The van der Waals surface area contributed by atoms with Crippen LogP contribution in [0, 0.1) is 0 Å². The van der Waals surface area contributed by atoms with Crippen LogP contribution in [0.2, 0.25) is 0 Å². The highest BCUT2D eigenvalue weighted by Crippen LogP contribution is 2.25. The molecule has 0 saturated heterocycles. The summed E-state index contributed by atoms with van der Waals surface area (Å²) in [6, 6.07) is 15.3. The number of rotatable bonds is 5. The van der Waals surface area contributed by atoms with Crippen LogP contribution in [0.15, 0.2) is 54.6 Å².